The van der Waals surface area contributed by atoms with Crippen LogP contribution in [0.1, 0.15) is 5.69 Å². The highest BCUT2D eigenvalue weighted by molar-refractivity contribution is 5.85. The van der Waals surface area contributed by atoms with Crippen LogP contribution in [-0.4, -0.2) is 24.5 Å². The summed E-state index contributed by atoms with van der Waals surface area (Å²) in [6.07, 6.45) is 3.12. The van der Waals surface area contributed by atoms with Gasteiger partial charge in [0.1, 0.15) is 23.9 Å². The number of aromatic nitrogens is 5. The summed E-state index contributed by atoms with van der Waals surface area (Å²) in [5.41, 5.74) is 10.1. The molecule has 0 aliphatic heterocycles. The minimum Gasteiger partial charge on any atom is -0.435 e. The lowest BCUT2D eigenvalue weighted by molar-refractivity contribution is 0.468. The van der Waals surface area contributed by atoms with E-state index < -0.39 is 0 Å². The predicted molar refractivity (Wildman–Crippen MR) is 108 cm³/mol. The van der Waals surface area contributed by atoms with Gasteiger partial charge >= 0.3 is 0 Å². The van der Waals surface area contributed by atoms with Crippen molar-refractivity contribution < 1.29 is 4.74 Å². The van der Waals surface area contributed by atoms with Gasteiger partial charge in [-0.2, -0.15) is 4.98 Å². The SMILES string of the molecule is Cc1ccc2cccc(Oc3ncnc(-n4cnc5ccccc54)c3N)c2n1. The average Bonchev–Trinajstić information content (AvgIpc) is 3.14. The maximum atomic E-state index is 6.37. The molecule has 0 unspecified atom stereocenters. The third kappa shape index (κ3) is 2.61. The molecule has 2 aromatic carbocycles. The number of nitrogen functional groups attached to an aromatic ring is 1. The molecule has 2 N–H and O–H groups in total. The summed E-state index contributed by atoms with van der Waals surface area (Å²) in [6, 6.07) is 17.5. The third-order valence-electron chi connectivity index (χ3n) is 4.54. The zero-order valence-electron chi connectivity index (χ0n) is 15.1. The first-order valence-electron chi connectivity index (χ1n) is 8.78. The van der Waals surface area contributed by atoms with Crippen molar-refractivity contribution in [2.24, 2.45) is 0 Å². The molecule has 0 amide bonds. The highest BCUT2D eigenvalue weighted by atomic mass is 16.5. The van der Waals surface area contributed by atoms with Crippen molar-refractivity contribution in [1.82, 2.24) is 24.5 Å². The van der Waals surface area contributed by atoms with Crippen LogP contribution in [-0.2, 0) is 0 Å². The standard InChI is InChI=1S/C21H16N6O/c1-13-9-10-14-5-4-8-17(19(14)26-13)28-21-18(22)20(23-11-24-21)27-12-25-15-6-2-3-7-16(15)27/h2-12H,22H2,1H3. The smallest absolute Gasteiger partial charge is 0.248 e. The Bertz CT molecular complexity index is 1330. The van der Waals surface area contributed by atoms with E-state index in [4.69, 9.17) is 10.5 Å². The maximum absolute atomic E-state index is 6.37. The monoisotopic (exact) mass is 368 g/mol. The number of nitrogens with zero attached hydrogens (tertiary/aromatic N) is 5. The van der Waals surface area contributed by atoms with Gasteiger partial charge in [-0.1, -0.05) is 30.3 Å². The fourth-order valence-corrected chi connectivity index (χ4v) is 3.18. The summed E-state index contributed by atoms with van der Waals surface area (Å²) < 4.78 is 7.88. The van der Waals surface area contributed by atoms with Crippen molar-refractivity contribution in [3.05, 3.63) is 72.9 Å². The summed E-state index contributed by atoms with van der Waals surface area (Å²) in [5.74, 6) is 1.38. The van der Waals surface area contributed by atoms with E-state index in [0.29, 0.717) is 17.3 Å². The highest BCUT2D eigenvalue weighted by Gasteiger charge is 2.15. The normalized spacial score (nSPS) is 11.2. The molecule has 0 fully saturated rings. The highest BCUT2D eigenvalue weighted by Crippen LogP contribution is 2.33. The molecule has 0 spiro atoms. The van der Waals surface area contributed by atoms with Crippen LogP contribution in [0.4, 0.5) is 5.69 Å². The van der Waals surface area contributed by atoms with Crippen molar-refractivity contribution in [3.8, 4) is 17.4 Å². The first-order valence-corrected chi connectivity index (χ1v) is 8.78. The minimum absolute atomic E-state index is 0.276. The number of ether oxygens (including phenoxy) is 1. The van der Waals surface area contributed by atoms with Crippen molar-refractivity contribution in [2.45, 2.75) is 6.92 Å². The molecule has 0 radical (unpaired) electrons. The number of para-hydroxylation sites is 3. The first kappa shape index (κ1) is 16.2. The van der Waals surface area contributed by atoms with Crippen molar-refractivity contribution in [1.29, 1.82) is 0 Å². The van der Waals surface area contributed by atoms with Crippen LogP contribution in [0.2, 0.25) is 0 Å². The molecular formula is C21H16N6O. The van der Waals surface area contributed by atoms with Crippen molar-refractivity contribution in [3.63, 3.8) is 0 Å². The van der Waals surface area contributed by atoms with Crippen LogP contribution in [0.15, 0.2) is 67.3 Å². The molecule has 0 saturated carbocycles. The number of hydrogen-bond donors (Lipinski definition) is 1. The summed E-state index contributed by atoms with van der Waals surface area (Å²) in [4.78, 5) is 17.6. The fourth-order valence-electron chi connectivity index (χ4n) is 3.18. The zero-order chi connectivity index (χ0) is 19.1. The van der Waals surface area contributed by atoms with Gasteiger partial charge in [0.05, 0.1) is 11.0 Å². The van der Waals surface area contributed by atoms with E-state index in [1.807, 2.05) is 66.1 Å². The van der Waals surface area contributed by atoms with Gasteiger partial charge in [0.2, 0.25) is 5.88 Å². The number of benzene rings is 2. The molecule has 0 aliphatic carbocycles. The Kier molecular flexibility index (Phi) is 3.65. The maximum Gasteiger partial charge on any atom is 0.248 e. The lowest BCUT2D eigenvalue weighted by Gasteiger charge is -2.12. The molecule has 136 valence electrons. The molecule has 0 atom stereocenters. The lowest BCUT2D eigenvalue weighted by Crippen LogP contribution is -2.05. The van der Waals surface area contributed by atoms with Gasteiger partial charge in [0.15, 0.2) is 11.6 Å². The third-order valence-corrected chi connectivity index (χ3v) is 4.54. The Morgan fingerprint density at radius 3 is 2.75 bits per heavy atom. The summed E-state index contributed by atoms with van der Waals surface area (Å²) >= 11 is 0. The number of nitrogens with two attached hydrogens (primary N) is 1. The Labute approximate surface area is 160 Å². The Hall–Kier alpha value is -4.00. The number of pyridine rings is 1. The van der Waals surface area contributed by atoms with Gasteiger partial charge in [-0.05, 0) is 31.2 Å². The Balaban J connectivity index is 1.62. The Morgan fingerprint density at radius 1 is 0.929 bits per heavy atom. The topological polar surface area (TPSA) is 91.7 Å². The second-order valence-electron chi connectivity index (χ2n) is 6.40. The van der Waals surface area contributed by atoms with E-state index in [-0.39, 0.29) is 5.88 Å². The van der Waals surface area contributed by atoms with Gasteiger partial charge in [-0.3, -0.25) is 4.57 Å². The van der Waals surface area contributed by atoms with Gasteiger partial charge < -0.3 is 10.5 Å². The summed E-state index contributed by atoms with van der Waals surface area (Å²) in [7, 11) is 0. The fraction of sp³-hybridized carbons (Fsp3) is 0.0476. The van der Waals surface area contributed by atoms with Crippen LogP contribution < -0.4 is 10.5 Å². The molecule has 0 saturated heterocycles. The van der Waals surface area contributed by atoms with Crippen LogP contribution in [0.3, 0.4) is 0 Å². The van der Waals surface area contributed by atoms with Crippen LogP contribution in [0, 0.1) is 6.92 Å². The largest absolute Gasteiger partial charge is 0.435 e. The van der Waals surface area contributed by atoms with Gasteiger partial charge in [0, 0.05) is 11.1 Å². The molecule has 7 heteroatoms. The second-order valence-corrected chi connectivity index (χ2v) is 6.40. The van der Waals surface area contributed by atoms with E-state index in [1.54, 1.807) is 6.33 Å². The molecule has 3 aromatic heterocycles. The average molecular weight is 368 g/mol. The van der Waals surface area contributed by atoms with Gasteiger partial charge in [0.25, 0.3) is 0 Å². The van der Waals surface area contributed by atoms with Crippen molar-refractivity contribution in [2.75, 3.05) is 5.73 Å². The van der Waals surface area contributed by atoms with Crippen molar-refractivity contribution >= 4 is 27.6 Å². The Morgan fingerprint density at radius 2 is 1.82 bits per heavy atom. The second kappa shape index (κ2) is 6.31. The summed E-state index contributed by atoms with van der Waals surface area (Å²) in [5, 5.41) is 0.983. The predicted octanol–water partition coefficient (Wildman–Crippen LogP) is 4.05. The van der Waals surface area contributed by atoms with Gasteiger partial charge in [-0.15, -0.1) is 0 Å². The minimum atomic E-state index is 0.276. The lowest BCUT2D eigenvalue weighted by atomic mass is 10.2. The van der Waals surface area contributed by atoms with Crippen LogP contribution in [0.25, 0.3) is 27.8 Å². The number of imidazole rings is 1. The van der Waals surface area contributed by atoms with E-state index in [0.717, 1.165) is 27.6 Å². The molecule has 28 heavy (non-hydrogen) atoms. The molecule has 0 aliphatic rings. The number of anilines is 1. The molecule has 3 heterocycles. The zero-order valence-corrected chi connectivity index (χ0v) is 15.1. The summed E-state index contributed by atoms with van der Waals surface area (Å²) in [6.45, 7) is 1.94. The van der Waals surface area contributed by atoms with Crippen LogP contribution >= 0.6 is 0 Å². The molecule has 0 bridgehead atoms. The number of fused-ring (bicyclic) bond motifs is 2. The first-order chi connectivity index (χ1) is 13.7. The number of hydrogen-bond acceptors (Lipinski definition) is 6. The quantitative estimate of drug-likeness (QED) is 0.517. The molecule has 7 nitrogen and oxygen atoms in total. The van der Waals surface area contributed by atoms with E-state index in [1.165, 1.54) is 6.33 Å². The molecule has 5 aromatic rings. The van der Waals surface area contributed by atoms with E-state index >= 15 is 0 Å². The van der Waals surface area contributed by atoms with E-state index in [2.05, 4.69) is 19.9 Å². The van der Waals surface area contributed by atoms with Gasteiger partial charge in [-0.25, -0.2) is 15.0 Å². The molecule has 5 rings (SSSR count). The van der Waals surface area contributed by atoms with E-state index in [9.17, 15) is 0 Å². The van der Waals surface area contributed by atoms with Crippen LogP contribution in [0.5, 0.6) is 11.6 Å². The number of aryl methyl sites for hydroxylation is 1. The number of rotatable bonds is 3. The molecular weight excluding hydrogens is 352 g/mol.